The van der Waals surface area contributed by atoms with Crippen LogP contribution in [0.1, 0.15) is 0 Å². The third-order valence-electron chi connectivity index (χ3n) is 0.582. The van der Waals surface area contributed by atoms with Gasteiger partial charge in [0.25, 0.3) is 0 Å². The zero-order valence-electron chi connectivity index (χ0n) is 7.01. The van der Waals surface area contributed by atoms with E-state index in [0.717, 1.165) is 0 Å². The molecule has 0 spiro atoms. The van der Waals surface area contributed by atoms with Crippen LogP contribution in [0.15, 0.2) is 15.3 Å². The van der Waals surface area contributed by atoms with Gasteiger partial charge in [0, 0.05) is 7.16 Å². The van der Waals surface area contributed by atoms with Gasteiger partial charge in [-0.3, -0.25) is 0 Å². The van der Waals surface area contributed by atoms with Crippen molar-refractivity contribution in [2.75, 3.05) is 0 Å². The van der Waals surface area contributed by atoms with Gasteiger partial charge in [-0.05, 0) is 53.3 Å². The Morgan fingerprint density at radius 1 is 0.867 bits per heavy atom. The topological polar surface area (TPSA) is 80.3 Å². The molecule has 0 bridgehead atoms. The number of hydrogen-bond donors (Lipinski definition) is 0. The van der Waals surface area contributed by atoms with Crippen LogP contribution in [0.5, 0.6) is 0 Å². The smallest absolute Gasteiger partial charge is 0.544 e. The standard InChI is InChI=1S/2C3H2I2O2.Hg/c2*4-1-2(5)3(6)7;/h2*1H,(H,6,7);/q;;+2/p-2. The number of rotatable bonds is 2. The number of carboxylic acid groups (broad SMARTS) is 2. The van der Waals surface area contributed by atoms with E-state index in [1.54, 1.807) is 45.2 Å². The summed E-state index contributed by atoms with van der Waals surface area (Å²) in [5, 5.41) is 19.5. The van der Waals surface area contributed by atoms with Gasteiger partial charge in [-0.2, -0.15) is 0 Å². The van der Waals surface area contributed by atoms with E-state index in [4.69, 9.17) is 0 Å². The third-order valence-corrected chi connectivity index (χ3v) is 5.71. The van der Waals surface area contributed by atoms with Gasteiger partial charge in [-0.25, -0.2) is 0 Å². The van der Waals surface area contributed by atoms with Crippen molar-refractivity contribution in [1.29, 1.82) is 0 Å². The molecule has 4 nitrogen and oxygen atoms in total. The molecule has 0 aliphatic carbocycles. The quantitative estimate of drug-likeness (QED) is 0.236. The Hall–Kier alpha value is 2.28. The summed E-state index contributed by atoms with van der Waals surface area (Å²) in [6.07, 6.45) is 0. The maximum atomic E-state index is 9.74. The summed E-state index contributed by atoms with van der Waals surface area (Å²) in [6, 6.07) is 0. The minimum absolute atomic E-state index is 0. The van der Waals surface area contributed by atoms with Gasteiger partial charge in [-0.15, -0.1) is 0 Å². The molecule has 0 atom stereocenters. The van der Waals surface area contributed by atoms with Crippen LogP contribution in [0.2, 0.25) is 0 Å². The average Bonchev–Trinajstić information content (AvgIpc) is 2.15. The predicted octanol–water partition coefficient (Wildman–Crippen LogP) is 0.893. The molecule has 0 saturated carbocycles. The van der Waals surface area contributed by atoms with Crippen LogP contribution in [0, 0.1) is 0 Å². The summed E-state index contributed by atoms with van der Waals surface area (Å²) in [7, 11) is 0. The van der Waals surface area contributed by atoms with E-state index in [1.165, 1.54) is 8.17 Å². The Balaban J connectivity index is -0.000000180. The van der Waals surface area contributed by atoms with Gasteiger partial charge >= 0.3 is 27.7 Å². The monoisotopic (exact) mass is 848 g/mol. The van der Waals surface area contributed by atoms with E-state index in [0.29, 0.717) is 0 Å². The summed E-state index contributed by atoms with van der Waals surface area (Å²) in [4.78, 5) is 19.5. The number of carbonyl (C=O) groups is 2. The van der Waals surface area contributed by atoms with Crippen molar-refractivity contribution < 1.29 is 47.5 Å². The summed E-state index contributed by atoms with van der Waals surface area (Å²) in [6.45, 7) is 0. The van der Waals surface area contributed by atoms with Crippen LogP contribution >= 0.6 is 90.4 Å². The summed E-state index contributed by atoms with van der Waals surface area (Å²) in [5.41, 5.74) is 0. The second kappa shape index (κ2) is 14.3. The molecule has 0 heterocycles. The fourth-order valence-electron chi connectivity index (χ4n) is 0.0891. The van der Waals surface area contributed by atoms with Crippen molar-refractivity contribution >= 4 is 102 Å². The Labute approximate surface area is 162 Å². The molecule has 0 unspecified atom stereocenters. The minimum Gasteiger partial charge on any atom is -0.544 e. The van der Waals surface area contributed by atoms with Gasteiger partial charge < -0.3 is 19.8 Å². The number of aliphatic carboxylic acids is 2. The molecule has 0 saturated heterocycles. The van der Waals surface area contributed by atoms with Crippen LogP contribution in [0.4, 0.5) is 0 Å². The Morgan fingerprint density at radius 3 is 1.07 bits per heavy atom. The van der Waals surface area contributed by atoms with Crippen LogP contribution < -0.4 is 10.2 Å². The molecule has 0 aromatic carbocycles. The maximum absolute atomic E-state index is 9.74. The molecule has 80 valence electrons. The van der Waals surface area contributed by atoms with E-state index < -0.39 is 11.9 Å². The summed E-state index contributed by atoms with van der Waals surface area (Å²) in [5.74, 6) is -2.23. The normalized spacial score (nSPS) is 10.7. The van der Waals surface area contributed by atoms with E-state index in [-0.39, 0.29) is 34.8 Å². The summed E-state index contributed by atoms with van der Waals surface area (Å²) < 4.78 is 3.37. The second-order valence-electron chi connectivity index (χ2n) is 1.49. The molecule has 0 fully saturated rings. The molecule has 0 amide bonds. The van der Waals surface area contributed by atoms with Crippen LogP contribution in [0.3, 0.4) is 0 Å². The molecule has 0 aromatic rings. The van der Waals surface area contributed by atoms with Crippen LogP contribution in [-0.2, 0) is 37.3 Å². The van der Waals surface area contributed by atoms with Crippen LogP contribution in [0.25, 0.3) is 0 Å². The molecule has 0 radical (unpaired) electrons. The molecule has 0 aliphatic rings. The van der Waals surface area contributed by atoms with Crippen molar-refractivity contribution in [2.45, 2.75) is 0 Å². The first-order valence-electron chi connectivity index (χ1n) is 2.71. The number of hydrogen-bond acceptors (Lipinski definition) is 4. The first-order chi connectivity index (χ1) is 6.36. The zero-order valence-corrected chi connectivity index (χ0v) is 21.1. The molecular formula is C6H2HgI4O4. The predicted molar refractivity (Wildman–Crippen MR) is 82.3 cm³/mol. The fourth-order valence-corrected chi connectivity index (χ4v) is 0.598. The number of carboxylic acids is 2. The van der Waals surface area contributed by atoms with Gasteiger partial charge in [0.05, 0.1) is 11.9 Å². The first-order valence-corrected chi connectivity index (χ1v) is 7.36. The Morgan fingerprint density at radius 2 is 1.07 bits per heavy atom. The minimum atomic E-state index is -1.12. The van der Waals surface area contributed by atoms with Crippen molar-refractivity contribution in [3.8, 4) is 0 Å². The zero-order chi connectivity index (χ0) is 11.7. The van der Waals surface area contributed by atoms with E-state index >= 15 is 0 Å². The molecule has 0 aliphatic heterocycles. The largest absolute Gasteiger partial charge is 2.00 e. The molecular weight excluding hydrogens is 844 g/mol. The number of halogens is 4. The Kier molecular flexibility index (Phi) is 21.5. The Bertz CT molecular complexity index is 248. The van der Waals surface area contributed by atoms with Gasteiger partial charge in [0.2, 0.25) is 0 Å². The van der Waals surface area contributed by atoms with Crippen molar-refractivity contribution in [3.05, 3.63) is 15.3 Å². The molecule has 0 aromatic heterocycles. The van der Waals surface area contributed by atoms with Crippen molar-refractivity contribution in [3.63, 3.8) is 0 Å². The SMILES string of the molecule is O=C([O-])C(I)=CI.O=C([O-])C(I)=CI.[Hg+2]. The second-order valence-corrected chi connectivity index (χ2v) is 5.06. The number of carbonyl (C=O) groups excluding carboxylic acids is 2. The van der Waals surface area contributed by atoms with Crippen LogP contribution in [-0.4, -0.2) is 11.9 Å². The average molecular weight is 846 g/mol. The van der Waals surface area contributed by atoms with E-state index in [1.807, 2.05) is 45.2 Å². The van der Waals surface area contributed by atoms with Gasteiger partial charge in [0.15, 0.2) is 0 Å². The fraction of sp³-hybridized carbons (Fsp3) is 0. The maximum Gasteiger partial charge on any atom is 2.00 e. The van der Waals surface area contributed by atoms with Gasteiger partial charge in [-0.1, -0.05) is 45.2 Å². The van der Waals surface area contributed by atoms with E-state index in [9.17, 15) is 19.8 Å². The van der Waals surface area contributed by atoms with Gasteiger partial charge in [0.1, 0.15) is 0 Å². The molecule has 0 N–H and O–H groups in total. The van der Waals surface area contributed by atoms with E-state index in [2.05, 4.69) is 0 Å². The molecule has 0 rings (SSSR count). The summed E-state index contributed by atoms with van der Waals surface area (Å²) >= 11 is 7.05. The molecule has 9 heteroatoms. The first kappa shape index (κ1) is 22.5. The molecule has 15 heavy (non-hydrogen) atoms. The van der Waals surface area contributed by atoms with Crippen molar-refractivity contribution in [1.82, 2.24) is 0 Å². The van der Waals surface area contributed by atoms with Crippen molar-refractivity contribution in [2.24, 2.45) is 0 Å². The third kappa shape index (κ3) is 16.3.